The van der Waals surface area contributed by atoms with Crippen molar-refractivity contribution in [2.24, 2.45) is 14.1 Å². The normalized spacial score (nSPS) is 17.3. The van der Waals surface area contributed by atoms with Gasteiger partial charge in [0.05, 0.1) is 33.2 Å². The third-order valence-corrected chi connectivity index (χ3v) is 4.20. The third kappa shape index (κ3) is 1.94. The van der Waals surface area contributed by atoms with Crippen LogP contribution in [-0.4, -0.2) is 5.91 Å². The summed E-state index contributed by atoms with van der Waals surface area (Å²) in [5, 5.41) is 12.3. The van der Waals surface area contributed by atoms with E-state index in [0.717, 1.165) is 11.4 Å². The highest BCUT2D eigenvalue weighted by atomic mass is 35.5. The monoisotopic (exact) mass is 312 g/mol. The fourth-order valence-corrected chi connectivity index (χ4v) is 2.90. The molecule has 0 unspecified atom stereocenters. The number of anilines is 1. The highest BCUT2D eigenvalue weighted by Crippen LogP contribution is 2.50. The second kappa shape index (κ2) is 4.30. The molecule has 2 aliphatic rings. The topological polar surface area (TPSA) is 77.6 Å². The van der Waals surface area contributed by atoms with Crippen molar-refractivity contribution in [3.05, 3.63) is 16.1 Å². The summed E-state index contributed by atoms with van der Waals surface area (Å²) in [7, 11) is 0. The number of nitrogens with one attached hydrogen (secondary N) is 1. The zero-order chi connectivity index (χ0) is 13.6. The molecule has 1 aliphatic heterocycles. The number of nitrogens with zero attached hydrogens (tertiary/aromatic N) is 3. The van der Waals surface area contributed by atoms with Gasteiger partial charge in [-0.15, -0.1) is 0 Å². The molecule has 0 atom stereocenters. The van der Waals surface area contributed by atoms with Crippen molar-refractivity contribution in [2.75, 3.05) is 5.32 Å². The van der Waals surface area contributed by atoms with E-state index in [1.807, 2.05) is 6.07 Å². The van der Waals surface area contributed by atoms with Crippen molar-refractivity contribution in [2.45, 2.75) is 12.8 Å². The number of hydrogen-bond acceptors (Lipinski definition) is 4. The first kappa shape index (κ1) is 12.6. The summed E-state index contributed by atoms with van der Waals surface area (Å²) in [5.41, 5.74) is 0.387. The lowest BCUT2D eigenvalue weighted by Crippen LogP contribution is -2.22. The van der Waals surface area contributed by atoms with Gasteiger partial charge in [0, 0.05) is 0 Å². The molecule has 1 aromatic rings. The van der Waals surface area contributed by atoms with Crippen LogP contribution in [-0.2, 0) is 16.1 Å². The van der Waals surface area contributed by atoms with Crippen LogP contribution in [0.5, 0.6) is 0 Å². The number of carbonyl (C=O) groups excluding carboxylic acids is 1. The van der Waals surface area contributed by atoms with Crippen molar-refractivity contribution >= 4 is 57.5 Å². The number of carbonyl (C=O) groups is 1. The van der Waals surface area contributed by atoms with Gasteiger partial charge in [-0.1, -0.05) is 23.2 Å². The molecule has 0 spiro atoms. The molecule has 0 bridgehead atoms. The zero-order valence-electron chi connectivity index (χ0n) is 9.41. The van der Waals surface area contributed by atoms with Gasteiger partial charge in [-0.25, -0.2) is 0 Å². The molecule has 1 saturated carbocycles. The Kier molecular flexibility index (Phi) is 2.86. The van der Waals surface area contributed by atoms with Gasteiger partial charge in [0.2, 0.25) is 5.91 Å². The molecular weight excluding hydrogens is 307 g/mol. The molecule has 1 fully saturated rings. The van der Waals surface area contributed by atoms with Crippen LogP contribution >= 0.6 is 23.2 Å². The maximum Gasteiger partial charge on any atom is 0.244 e. The van der Waals surface area contributed by atoms with E-state index >= 15 is 0 Å². The minimum Gasteiger partial charge on any atom is -0.321 e. The van der Waals surface area contributed by atoms with E-state index in [-0.39, 0.29) is 10.9 Å². The lowest BCUT2D eigenvalue weighted by molar-refractivity contribution is -0.119. The SMILES string of the molecule is N#CC1(C(=O)Nc2c(Cl)cc(Cl)c3c2N=S=N3)CC1. The number of hydrogen-bond donors (Lipinski definition) is 1. The van der Waals surface area contributed by atoms with Crippen LogP contribution in [0.3, 0.4) is 0 Å². The first-order chi connectivity index (χ1) is 9.07. The van der Waals surface area contributed by atoms with E-state index in [2.05, 4.69) is 14.0 Å². The fraction of sp³-hybridized carbons (Fsp3) is 0.273. The largest absolute Gasteiger partial charge is 0.321 e. The Morgan fingerprint density at radius 1 is 1.37 bits per heavy atom. The van der Waals surface area contributed by atoms with Gasteiger partial charge in [0.1, 0.15) is 16.8 Å². The molecule has 1 N–H and O–H groups in total. The highest BCUT2D eigenvalue weighted by Gasteiger charge is 2.51. The van der Waals surface area contributed by atoms with Gasteiger partial charge in [-0.2, -0.15) is 14.0 Å². The molecule has 0 aromatic heterocycles. The minimum absolute atomic E-state index is 0.285. The standard InChI is InChI=1S/C11H6Cl2N4OS/c12-5-3-6(13)8-9(17-19-16-8)7(5)15-10(18)11(4-14)1-2-11/h3H,1-2H2,(H,15,18). The van der Waals surface area contributed by atoms with Gasteiger partial charge >= 0.3 is 0 Å². The molecule has 0 saturated heterocycles. The molecule has 0 radical (unpaired) electrons. The lowest BCUT2D eigenvalue weighted by Gasteiger charge is -2.12. The second-order valence-electron chi connectivity index (χ2n) is 4.32. The van der Waals surface area contributed by atoms with Crippen LogP contribution in [0, 0.1) is 16.7 Å². The first-order valence-corrected chi connectivity index (χ1v) is 6.89. The van der Waals surface area contributed by atoms with Crippen molar-refractivity contribution in [1.82, 2.24) is 0 Å². The molecule has 8 heteroatoms. The Bertz CT molecular complexity index is 714. The Balaban J connectivity index is 1.99. The second-order valence-corrected chi connectivity index (χ2v) is 5.67. The lowest BCUT2D eigenvalue weighted by atomic mass is 10.1. The molecule has 19 heavy (non-hydrogen) atoms. The van der Waals surface area contributed by atoms with E-state index in [0.29, 0.717) is 34.9 Å². The molecule has 96 valence electrons. The number of nitriles is 1. The maximum absolute atomic E-state index is 12.1. The van der Waals surface area contributed by atoms with Crippen LogP contribution in [0.2, 0.25) is 10.0 Å². The Hall–Kier alpha value is -1.42. The predicted molar refractivity (Wildman–Crippen MR) is 73.9 cm³/mol. The van der Waals surface area contributed by atoms with Gasteiger partial charge in [-0.3, -0.25) is 4.79 Å². The van der Waals surface area contributed by atoms with Crippen LogP contribution in [0.1, 0.15) is 12.8 Å². The number of benzene rings is 1. The van der Waals surface area contributed by atoms with Crippen molar-refractivity contribution in [3.63, 3.8) is 0 Å². The average Bonchev–Trinajstić information content (AvgIpc) is 3.04. The summed E-state index contributed by atoms with van der Waals surface area (Å²) in [6, 6.07) is 3.54. The van der Waals surface area contributed by atoms with Crippen molar-refractivity contribution in [3.8, 4) is 6.07 Å². The summed E-state index contributed by atoms with van der Waals surface area (Å²) < 4.78 is 8.13. The van der Waals surface area contributed by atoms with Crippen LogP contribution < -0.4 is 5.32 Å². The van der Waals surface area contributed by atoms with Crippen LogP contribution in [0.15, 0.2) is 14.8 Å². The summed E-state index contributed by atoms with van der Waals surface area (Å²) in [5.74, 6) is -0.353. The van der Waals surface area contributed by atoms with E-state index in [9.17, 15) is 4.79 Å². The summed E-state index contributed by atoms with van der Waals surface area (Å²) in [6.07, 6.45) is 1.14. The predicted octanol–water partition coefficient (Wildman–Crippen LogP) is 3.96. The Labute approximate surface area is 122 Å². The van der Waals surface area contributed by atoms with Crippen molar-refractivity contribution in [1.29, 1.82) is 5.26 Å². The molecule has 3 rings (SSSR count). The minimum atomic E-state index is -0.918. The molecule has 1 heterocycles. The maximum atomic E-state index is 12.1. The van der Waals surface area contributed by atoms with Crippen molar-refractivity contribution < 1.29 is 4.79 Å². The van der Waals surface area contributed by atoms with Gasteiger partial charge in [-0.05, 0) is 18.9 Å². The summed E-state index contributed by atoms with van der Waals surface area (Å²) in [4.78, 5) is 12.1. The third-order valence-electron chi connectivity index (χ3n) is 3.08. The van der Waals surface area contributed by atoms with E-state index in [1.165, 1.54) is 6.07 Å². The van der Waals surface area contributed by atoms with Crippen LogP contribution in [0.4, 0.5) is 17.1 Å². The van der Waals surface area contributed by atoms with E-state index < -0.39 is 5.41 Å². The number of rotatable bonds is 2. The summed E-state index contributed by atoms with van der Waals surface area (Å²) in [6.45, 7) is 0. The Morgan fingerprint density at radius 2 is 2.05 bits per heavy atom. The molecular formula is C11H6Cl2N4OS. The van der Waals surface area contributed by atoms with Gasteiger partial charge < -0.3 is 5.32 Å². The number of halogens is 2. The summed E-state index contributed by atoms with van der Waals surface area (Å²) >= 11 is 13.1. The molecule has 1 aromatic carbocycles. The van der Waals surface area contributed by atoms with Gasteiger partial charge in [0.25, 0.3) is 0 Å². The number of amides is 1. The highest BCUT2D eigenvalue weighted by molar-refractivity contribution is 7.58. The van der Waals surface area contributed by atoms with E-state index in [4.69, 9.17) is 28.5 Å². The zero-order valence-corrected chi connectivity index (χ0v) is 11.7. The number of fused-ring (bicyclic) bond motifs is 1. The first-order valence-electron chi connectivity index (χ1n) is 5.40. The van der Waals surface area contributed by atoms with Gasteiger partial charge in [0.15, 0.2) is 0 Å². The van der Waals surface area contributed by atoms with E-state index in [1.54, 1.807) is 0 Å². The molecule has 1 amide bonds. The smallest absolute Gasteiger partial charge is 0.244 e. The Morgan fingerprint density at radius 3 is 2.68 bits per heavy atom. The molecule has 5 nitrogen and oxygen atoms in total. The quantitative estimate of drug-likeness (QED) is 0.910. The molecule has 1 aliphatic carbocycles. The fourth-order valence-electron chi connectivity index (χ4n) is 1.74. The van der Waals surface area contributed by atoms with Crippen LogP contribution in [0.25, 0.3) is 0 Å². The average molecular weight is 313 g/mol.